The fraction of sp³-hybridized carbons (Fsp3) is 0.538. The first-order valence-corrected chi connectivity index (χ1v) is 6.33. The van der Waals surface area contributed by atoms with Crippen molar-refractivity contribution >= 4 is 11.6 Å². The maximum Gasteiger partial charge on any atom is 0.222 e. The zero-order chi connectivity index (χ0) is 13.1. The lowest BCUT2D eigenvalue weighted by molar-refractivity contribution is -0.122. The molecule has 1 fully saturated rings. The molecule has 2 heterocycles. The van der Waals surface area contributed by atoms with Gasteiger partial charge in [-0.05, 0) is 31.9 Å². The molecule has 98 valence electrons. The number of amides is 1. The Morgan fingerprint density at radius 2 is 2.33 bits per heavy atom. The van der Waals surface area contributed by atoms with Crippen molar-refractivity contribution in [1.82, 2.24) is 4.98 Å². The molecule has 1 aromatic rings. The van der Waals surface area contributed by atoms with E-state index >= 15 is 0 Å². The summed E-state index contributed by atoms with van der Waals surface area (Å²) < 4.78 is 0. The lowest BCUT2D eigenvalue weighted by Gasteiger charge is -2.39. The largest absolute Gasteiger partial charge is 0.369 e. The maximum atomic E-state index is 11.3. The van der Waals surface area contributed by atoms with Crippen LogP contribution in [0.15, 0.2) is 18.3 Å². The molecule has 0 radical (unpaired) electrons. The minimum atomic E-state index is -0.218. The van der Waals surface area contributed by atoms with Crippen molar-refractivity contribution in [3.8, 4) is 0 Å². The molecule has 0 aromatic carbocycles. The van der Waals surface area contributed by atoms with Crippen LogP contribution in [0.1, 0.15) is 25.5 Å². The Kier molecular flexibility index (Phi) is 3.81. The van der Waals surface area contributed by atoms with Crippen LogP contribution < -0.4 is 16.4 Å². The number of primary amides is 1. The third kappa shape index (κ3) is 2.46. The molecule has 4 N–H and O–H groups in total. The van der Waals surface area contributed by atoms with Gasteiger partial charge >= 0.3 is 0 Å². The Morgan fingerprint density at radius 3 is 3.00 bits per heavy atom. The number of nitrogens with two attached hydrogens (primary N) is 2. The number of nitrogens with zero attached hydrogens (tertiary/aromatic N) is 2. The Morgan fingerprint density at radius 1 is 1.56 bits per heavy atom. The third-order valence-corrected chi connectivity index (χ3v) is 3.65. The van der Waals surface area contributed by atoms with Crippen molar-refractivity contribution < 1.29 is 4.79 Å². The SMILES string of the molecule is CC1CCC(C(N)=O)CN1c1cccnc1CN. The minimum Gasteiger partial charge on any atom is -0.369 e. The molecule has 0 bridgehead atoms. The number of carbonyl (C=O) groups is 1. The van der Waals surface area contributed by atoms with Crippen LogP contribution >= 0.6 is 0 Å². The second-order valence-electron chi connectivity index (χ2n) is 4.85. The molecule has 1 saturated heterocycles. The van der Waals surface area contributed by atoms with Crippen molar-refractivity contribution in [2.75, 3.05) is 11.4 Å². The number of aromatic nitrogens is 1. The maximum absolute atomic E-state index is 11.3. The van der Waals surface area contributed by atoms with Crippen LogP contribution in [0.2, 0.25) is 0 Å². The molecule has 0 aliphatic carbocycles. The first kappa shape index (κ1) is 12.8. The summed E-state index contributed by atoms with van der Waals surface area (Å²) in [5.74, 6) is -0.294. The van der Waals surface area contributed by atoms with Gasteiger partial charge in [-0.3, -0.25) is 9.78 Å². The molecule has 2 atom stereocenters. The molecule has 1 aliphatic heterocycles. The van der Waals surface area contributed by atoms with Gasteiger partial charge in [-0.2, -0.15) is 0 Å². The number of piperidine rings is 1. The monoisotopic (exact) mass is 248 g/mol. The van der Waals surface area contributed by atoms with E-state index in [0.29, 0.717) is 19.1 Å². The Hall–Kier alpha value is -1.62. The number of rotatable bonds is 3. The summed E-state index contributed by atoms with van der Waals surface area (Å²) in [5.41, 5.74) is 13.0. The zero-order valence-electron chi connectivity index (χ0n) is 10.7. The normalized spacial score (nSPS) is 24.0. The molecule has 2 unspecified atom stereocenters. The van der Waals surface area contributed by atoms with E-state index in [1.165, 1.54) is 0 Å². The van der Waals surface area contributed by atoms with Crippen molar-refractivity contribution in [1.29, 1.82) is 0 Å². The quantitative estimate of drug-likeness (QED) is 0.821. The van der Waals surface area contributed by atoms with Crippen molar-refractivity contribution in [3.05, 3.63) is 24.0 Å². The molecule has 1 amide bonds. The molecule has 5 heteroatoms. The van der Waals surface area contributed by atoms with Crippen LogP contribution in [-0.2, 0) is 11.3 Å². The second kappa shape index (κ2) is 5.35. The number of pyridine rings is 1. The minimum absolute atomic E-state index is 0.0768. The average molecular weight is 248 g/mol. The van der Waals surface area contributed by atoms with Crippen molar-refractivity contribution in [2.24, 2.45) is 17.4 Å². The van der Waals surface area contributed by atoms with Crippen LogP contribution in [0, 0.1) is 5.92 Å². The van der Waals surface area contributed by atoms with Gasteiger partial charge in [0.15, 0.2) is 0 Å². The Bertz CT molecular complexity index is 435. The van der Waals surface area contributed by atoms with Gasteiger partial charge in [-0.1, -0.05) is 0 Å². The second-order valence-corrected chi connectivity index (χ2v) is 4.85. The third-order valence-electron chi connectivity index (χ3n) is 3.65. The summed E-state index contributed by atoms with van der Waals surface area (Å²) in [6, 6.07) is 4.29. The molecule has 18 heavy (non-hydrogen) atoms. The van der Waals surface area contributed by atoms with Gasteiger partial charge < -0.3 is 16.4 Å². The average Bonchev–Trinajstić information content (AvgIpc) is 2.39. The zero-order valence-corrected chi connectivity index (χ0v) is 10.7. The van der Waals surface area contributed by atoms with E-state index in [2.05, 4.69) is 16.8 Å². The Labute approximate surface area is 107 Å². The fourth-order valence-electron chi connectivity index (χ4n) is 2.52. The van der Waals surface area contributed by atoms with Crippen LogP contribution in [0.25, 0.3) is 0 Å². The molecule has 0 spiro atoms. The van der Waals surface area contributed by atoms with Crippen molar-refractivity contribution in [3.63, 3.8) is 0 Å². The van der Waals surface area contributed by atoms with Crippen molar-refractivity contribution in [2.45, 2.75) is 32.4 Å². The standard InChI is InChI=1S/C13H20N4O/c1-9-4-5-10(13(15)18)8-17(9)12-3-2-6-16-11(12)7-14/h2-3,6,9-10H,4-5,7-8,14H2,1H3,(H2,15,18). The van der Waals surface area contributed by atoms with E-state index < -0.39 is 0 Å². The highest BCUT2D eigenvalue weighted by atomic mass is 16.1. The molecule has 2 rings (SSSR count). The topological polar surface area (TPSA) is 85.2 Å². The van der Waals surface area contributed by atoms with E-state index in [1.54, 1.807) is 6.20 Å². The predicted octanol–water partition coefficient (Wildman–Crippen LogP) is 0.630. The van der Waals surface area contributed by atoms with Crippen LogP contribution in [0.3, 0.4) is 0 Å². The van der Waals surface area contributed by atoms with Gasteiger partial charge in [0.2, 0.25) is 5.91 Å². The highest BCUT2D eigenvalue weighted by Gasteiger charge is 2.29. The van der Waals surface area contributed by atoms with Gasteiger partial charge in [-0.15, -0.1) is 0 Å². The first-order chi connectivity index (χ1) is 8.63. The highest BCUT2D eigenvalue weighted by molar-refractivity contribution is 5.77. The van der Waals surface area contributed by atoms with Crippen LogP contribution in [-0.4, -0.2) is 23.5 Å². The molecule has 0 saturated carbocycles. The Balaban J connectivity index is 2.26. The summed E-state index contributed by atoms with van der Waals surface area (Å²) >= 11 is 0. The van der Waals surface area contributed by atoms with E-state index in [0.717, 1.165) is 24.2 Å². The van der Waals surface area contributed by atoms with Gasteiger partial charge in [0.1, 0.15) is 0 Å². The van der Waals surface area contributed by atoms with Gasteiger partial charge in [-0.25, -0.2) is 0 Å². The van der Waals surface area contributed by atoms with Gasteiger partial charge in [0, 0.05) is 25.3 Å². The van der Waals surface area contributed by atoms with E-state index in [9.17, 15) is 4.79 Å². The number of anilines is 1. The highest BCUT2D eigenvalue weighted by Crippen LogP contribution is 2.29. The summed E-state index contributed by atoms with van der Waals surface area (Å²) in [5, 5.41) is 0. The summed E-state index contributed by atoms with van der Waals surface area (Å²) in [7, 11) is 0. The lowest BCUT2D eigenvalue weighted by atomic mass is 9.92. The van der Waals surface area contributed by atoms with Gasteiger partial charge in [0.25, 0.3) is 0 Å². The van der Waals surface area contributed by atoms with Crippen LogP contribution in [0.4, 0.5) is 5.69 Å². The first-order valence-electron chi connectivity index (χ1n) is 6.33. The molecular weight excluding hydrogens is 228 g/mol. The molecule has 5 nitrogen and oxygen atoms in total. The van der Waals surface area contributed by atoms with Crippen LogP contribution in [0.5, 0.6) is 0 Å². The number of hydrogen-bond acceptors (Lipinski definition) is 4. The number of hydrogen-bond donors (Lipinski definition) is 2. The summed E-state index contributed by atoms with van der Waals surface area (Å²) in [4.78, 5) is 17.8. The molecule has 1 aliphatic rings. The molecule has 1 aromatic heterocycles. The summed E-state index contributed by atoms with van der Waals surface area (Å²) in [6.45, 7) is 3.22. The lowest BCUT2D eigenvalue weighted by Crippen LogP contribution is -2.46. The molecular formula is C13H20N4O. The van der Waals surface area contributed by atoms with E-state index in [1.807, 2.05) is 12.1 Å². The summed E-state index contributed by atoms with van der Waals surface area (Å²) in [6.07, 6.45) is 3.57. The number of carbonyl (C=O) groups excluding carboxylic acids is 1. The smallest absolute Gasteiger partial charge is 0.222 e. The van der Waals surface area contributed by atoms with E-state index in [4.69, 9.17) is 11.5 Å². The van der Waals surface area contributed by atoms with Gasteiger partial charge in [0.05, 0.1) is 17.3 Å². The van der Waals surface area contributed by atoms with E-state index in [-0.39, 0.29) is 11.8 Å². The predicted molar refractivity (Wildman–Crippen MR) is 70.9 cm³/mol. The fourth-order valence-corrected chi connectivity index (χ4v) is 2.52.